The lowest BCUT2D eigenvalue weighted by Gasteiger charge is -2.24. The molecular formula is C21H39NO9. The summed E-state index contributed by atoms with van der Waals surface area (Å²) in [5, 5.41) is 0. The van der Waals surface area contributed by atoms with Crippen LogP contribution in [0.3, 0.4) is 0 Å². The van der Waals surface area contributed by atoms with Gasteiger partial charge in [-0.05, 0) is 20.8 Å². The highest BCUT2D eigenvalue weighted by atomic mass is 16.6. The normalized spacial score (nSPS) is 11.2. The smallest absolute Gasteiger partial charge is 0.410 e. The van der Waals surface area contributed by atoms with E-state index in [-0.39, 0.29) is 12.7 Å². The van der Waals surface area contributed by atoms with Gasteiger partial charge in [-0.3, -0.25) is 0 Å². The molecule has 0 heterocycles. The van der Waals surface area contributed by atoms with Crippen LogP contribution in [0.15, 0.2) is 12.7 Å². The van der Waals surface area contributed by atoms with Gasteiger partial charge in [0.25, 0.3) is 0 Å². The van der Waals surface area contributed by atoms with Gasteiger partial charge in [0.15, 0.2) is 0 Å². The van der Waals surface area contributed by atoms with Gasteiger partial charge in [-0.1, -0.05) is 6.58 Å². The van der Waals surface area contributed by atoms with Gasteiger partial charge >= 0.3 is 12.1 Å². The molecule has 0 spiro atoms. The van der Waals surface area contributed by atoms with E-state index >= 15 is 0 Å². The minimum absolute atomic E-state index is 0.197. The fraction of sp³-hybridized carbons (Fsp3) is 0.810. The van der Waals surface area contributed by atoms with Gasteiger partial charge in [-0.2, -0.15) is 0 Å². The maximum atomic E-state index is 11.8. The summed E-state index contributed by atoms with van der Waals surface area (Å²) in [7, 11) is 1.67. The molecule has 0 aliphatic carbocycles. The molecule has 0 radical (unpaired) electrons. The van der Waals surface area contributed by atoms with Crippen LogP contribution in [0.5, 0.6) is 0 Å². The highest BCUT2D eigenvalue weighted by molar-refractivity contribution is 5.81. The highest BCUT2D eigenvalue weighted by Gasteiger charge is 2.19. The molecule has 0 atom stereocenters. The van der Waals surface area contributed by atoms with Crippen molar-refractivity contribution in [3.8, 4) is 0 Å². The molecule has 0 aromatic carbocycles. The van der Waals surface area contributed by atoms with Crippen LogP contribution >= 0.6 is 0 Å². The van der Waals surface area contributed by atoms with Crippen molar-refractivity contribution in [3.05, 3.63) is 12.7 Å². The third-order valence-corrected chi connectivity index (χ3v) is 3.40. The van der Waals surface area contributed by atoms with E-state index in [1.165, 1.54) is 4.90 Å². The molecule has 1 amide bonds. The third kappa shape index (κ3) is 21.3. The van der Waals surface area contributed by atoms with Gasteiger partial charge in [-0.25, -0.2) is 9.59 Å². The average molecular weight is 450 g/mol. The summed E-state index contributed by atoms with van der Waals surface area (Å²) >= 11 is 0. The highest BCUT2D eigenvalue weighted by Crippen LogP contribution is 2.08. The number of hydrogen-bond donors (Lipinski definition) is 0. The first kappa shape index (κ1) is 29.3. The topological polar surface area (TPSA) is 102 Å². The van der Waals surface area contributed by atoms with E-state index in [1.807, 2.05) is 20.8 Å². The van der Waals surface area contributed by atoms with Gasteiger partial charge < -0.3 is 38.1 Å². The Morgan fingerprint density at radius 2 is 1.13 bits per heavy atom. The standard InChI is InChI=1S/C21H39NO9/c1-6-19(23)30-18-17-29-16-15-28-14-13-27-12-11-26-10-9-25-8-7-22(5)20(24)31-21(2,3)4/h6H,1,7-18H2,2-5H3. The predicted octanol–water partition coefficient (Wildman–Crippen LogP) is 1.67. The number of ether oxygens (including phenoxy) is 7. The number of esters is 1. The average Bonchev–Trinajstić information content (AvgIpc) is 2.71. The van der Waals surface area contributed by atoms with Crippen LogP contribution in [0.4, 0.5) is 4.79 Å². The van der Waals surface area contributed by atoms with Crippen LogP contribution in [0.25, 0.3) is 0 Å². The lowest BCUT2D eigenvalue weighted by atomic mass is 10.2. The second kappa shape index (κ2) is 19.0. The van der Waals surface area contributed by atoms with E-state index in [1.54, 1.807) is 7.05 Å². The summed E-state index contributed by atoms with van der Waals surface area (Å²) in [6, 6.07) is 0. The van der Waals surface area contributed by atoms with E-state index in [4.69, 9.17) is 33.2 Å². The molecule has 10 nitrogen and oxygen atoms in total. The molecule has 0 fully saturated rings. The van der Waals surface area contributed by atoms with Crippen LogP contribution in [0.1, 0.15) is 20.8 Å². The zero-order valence-electron chi connectivity index (χ0n) is 19.4. The van der Waals surface area contributed by atoms with E-state index < -0.39 is 11.6 Å². The van der Waals surface area contributed by atoms with Crippen LogP contribution in [0.2, 0.25) is 0 Å². The van der Waals surface area contributed by atoms with Gasteiger partial charge in [0.2, 0.25) is 0 Å². The summed E-state index contributed by atoms with van der Waals surface area (Å²) < 4.78 is 36.8. The van der Waals surface area contributed by atoms with Gasteiger partial charge in [0, 0.05) is 19.7 Å². The molecule has 0 aromatic heterocycles. The van der Waals surface area contributed by atoms with Crippen LogP contribution in [-0.4, -0.2) is 109 Å². The van der Waals surface area contributed by atoms with Crippen molar-refractivity contribution in [1.29, 1.82) is 0 Å². The van der Waals surface area contributed by atoms with Crippen molar-refractivity contribution in [2.24, 2.45) is 0 Å². The first-order valence-electron chi connectivity index (χ1n) is 10.4. The Kier molecular flexibility index (Phi) is 17.9. The van der Waals surface area contributed by atoms with Crippen molar-refractivity contribution >= 4 is 12.1 Å². The van der Waals surface area contributed by atoms with Crippen molar-refractivity contribution in [2.75, 3.05) is 86.3 Å². The summed E-state index contributed by atoms with van der Waals surface area (Å²) in [4.78, 5) is 24.0. The van der Waals surface area contributed by atoms with Crippen molar-refractivity contribution in [3.63, 3.8) is 0 Å². The zero-order valence-corrected chi connectivity index (χ0v) is 19.4. The number of hydrogen-bond acceptors (Lipinski definition) is 9. The summed E-state index contributed by atoms with van der Waals surface area (Å²) in [6.45, 7) is 13.8. The minimum atomic E-state index is -0.507. The minimum Gasteiger partial charge on any atom is -0.460 e. The Labute approximate surface area is 185 Å². The van der Waals surface area contributed by atoms with Gasteiger partial charge in [0.1, 0.15) is 12.2 Å². The molecule has 0 rings (SSSR count). The number of carbonyl (C=O) groups excluding carboxylic acids is 2. The molecule has 0 bridgehead atoms. The maximum Gasteiger partial charge on any atom is 0.410 e. The molecule has 0 aliphatic rings. The molecule has 0 saturated carbocycles. The first-order valence-corrected chi connectivity index (χ1v) is 10.4. The number of likely N-dealkylation sites (N-methyl/N-ethyl adjacent to an activating group) is 1. The summed E-state index contributed by atoms with van der Waals surface area (Å²) in [5.41, 5.74) is -0.507. The Morgan fingerprint density at radius 3 is 1.52 bits per heavy atom. The lowest BCUT2D eigenvalue weighted by Crippen LogP contribution is -2.36. The number of carbonyl (C=O) groups is 2. The molecule has 182 valence electrons. The summed E-state index contributed by atoms with van der Waals surface area (Å²) in [5.74, 6) is -0.461. The fourth-order valence-corrected chi connectivity index (χ4v) is 1.87. The number of nitrogens with zero attached hydrogens (tertiary/aromatic N) is 1. The van der Waals surface area contributed by atoms with Crippen LogP contribution in [-0.2, 0) is 38.0 Å². The van der Waals surface area contributed by atoms with E-state index in [0.717, 1.165) is 6.08 Å². The molecule has 10 heteroatoms. The maximum absolute atomic E-state index is 11.8. The Hall–Kier alpha value is -1.72. The molecule has 0 aliphatic heterocycles. The second-order valence-electron chi connectivity index (χ2n) is 7.34. The number of rotatable bonds is 19. The van der Waals surface area contributed by atoms with Gasteiger partial charge in [0.05, 0.1) is 66.1 Å². The number of amides is 1. The predicted molar refractivity (Wildman–Crippen MR) is 114 cm³/mol. The Bertz CT molecular complexity index is 480. The third-order valence-electron chi connectivity index (χ3n) is 3.40. The largest absolute Gasteiger partial charge is 0.460 e. The Morgan fingerprint density at radius 1 is 0.742 bits per heavy atom. The van der Waals surface area contributed by atoms with Crippen LogP contribution < -0.4 is 0 Å². The quantitative estimate of drug-likeness (QED) is 0.165. The lowest BCUT2D eigenvalue weighted by molar-refractivity contribution is -0.139. The SMILES string of the molecule is C=CC(=O)OCCOCCOCCOCCOCCOCCN(C)C(=O)OC(C)(C)C. The fourth-order valence-electron chi connectivity index (χ4n) is 1.87. The molecule has 0 N–H and O–H groups in total. The summed E-state index contributed by atoms with van der Waals surface area (Å²) in [6.07, 6.45) is 0.741. The van der Waals surface area contributed by atoms with Gasteiger partial charge in [-0.15, -0.1) is 0 Å². The molecule has 0 saturated heterocycles. The van der Waals surface area contributed by atoms with E-state index in [2.05, 4.69) is 6.58 Å². The van der Waals surface area contributed by atoms with Crippen molar-refractivity contribution in [1.82, 2.24) is 4.90 Å². The molecule has 0 aromatic rings. The second-order valence-corrected chi connectivity index (χ2v) is 7.34. The molecule has 0 unspecified atom stereocenters. The Balaban J connectivity index is 3.26. The van der Waals surface area contributed by atoms with Crippen LogP contribution in [0, 0.1) is 0 Å². The van der Waals surface area contributed by atoms with E-state index in [0.29, 0.717) is 72.6 Å². The van der Waals surface area contributed by atoms with Crippen molar-refractivity contribution in [2.45, 2.75) is 26.4 Å². The molecule has 31 heavy (non-hydrogen) atoms. The zero-order chi connectivity index (χ0) is 23.4. The monoisotopic (exact) mass is 449 g/mol. The van der Waals surface area contributed by atoms with Crippen molar-refractivity contribution < 1.29 is 42.7 Å². The first-order chi connectivity index (χ1) is 14.8. The van der Waals surface area contributed by atoms with E-state index in [9.17, 15) is 9.59 Å². The molecular weight excluding hydrogens is 410 g/mol.